The van der Waals surface area contributed by atoms with Gasteiger partial charge < -0.3 is 5.32 Å². The van der Waals surface area contributed by atoms with Crippen LogP contribution in [-0.4, -0.2) is 41.4 Å². The molecule has 3 aromatic rings. The Bertz CT molecular complexity index is 1250. The van der Waals surface area contributed by atoms with E-state index in [0.29, 0.717) is 35.9 Å². The number of nitrogens with one attached hydrogen (secondary N) is 2. The van der Waals surface area contributed by atoms with Crippen LogP contribution < -0.4 is 10.9 Å². The van der Waals surface area contributed by atoms with Crippen molar-refractivity contribution >= 4 is 26.7 Å². The highest BCUT2D eigenvalue weighted by Crippen LogP contribution is 2.26. The minimum absolute atomic E-state index is 0.0883. The maximum atomic E-state index is 13.0. The lowest BCUT2D eigenvalue weighted by molar-refractivity contribution is -0.124. The Balaban J connectivity index is 1.53. The number of amides is 1. The van der Waals surface area contributed by atoms with Crippen LogP contribution in [0, 0.1) is 6.92 Å². The second-order valence-electron chi connectivity index (χ2n) is 7.35. The second kappa shape index (κ2) is 8.00. The number of hydrogen-bond donors (Lipinski definition) is 2. The molecule has 8 nitrogen and oxygen atoms in total. The van der Waals surface area contributed by atoms with Crippen LogP contribution in [0.4, 0.5) is 0 Å². The number of H-pyrrole nitrogens is 1. The molecule has 0 aliphatic carbocycles. The van der Waals surface area contributed by atoms with Crippen LogP contribution in [0.25, 0.3) is 10.8 Å². The van der Waals surface area contributed by atoms with Crippen LogP contribution >= 0.6 is 0 Å². The third-order valence-corrected chi connectivity index (χ3v) is 7.26. The van der Waals surface area contributed by atoms with Crippen molar-refractivity contribution in [3.8, 4) is 0 Å². The summed E-state index contributed by atoms with van der Waals surface area (Å²) in [6, 6.07) is 12.8. The number of fused-ring (bicyclic) bond motifs is 1. The van der Waals surface area contributed by atoms with Crippen molar-refractivity contribution in [1.29, 1.82) is 0 Å². The number of benzene rings is 2. The van der Waals surface area contributed by atoms with E-state index in [1.165, 1.54) is 4.31 Å². The van der Waals surface area contributed by atoms with Gasteiger partial charge in [-0.1, -0.05) is 35.9 Å². The largest absolute Gasteiger partial charge is 0.349 e. The predicted molar refractivity (Wildman–Crippen MR) is 112 cm³/mol. The van der Waals surface area contributed by atoms with Crippen molar-refractivity contribution < 1.29 is 13.2 Å². The first kappa shape index (κ1) is 20.2. The molecule has 0 saturated carbocycles. The highest BCUT2D eigenvalue weighted by Gasteiger charge is 2.39. The number of rotatable bonds is 5. The summed E-state index contributed by atoms with van der Waals surface area (Å²) in [4.78, 5) is 24.9. The first-order valence-corrected chi connectivity index (χ1v) is 11.1. The first-order chi connectivity index (χ1) is 14.4. The Kier molecular flexibility index (Phi) is 5.40. The fourth-order valence-corrected chi connectivity index (χ4v) is 5.39. The summed E-state index contributed by atoms with van der Waals surface area (Å²) in [6.45, 7) is 2.27. The van der Waals surface area contributed by atoms with E-state index in [0.717, 1.165) is 5.56 Å². The Morgan fingerprint density at radius 3 is 2.60 bits per heavy atom. The Morgan fingerprint density at radius 1 is 1.17 bits per heavy atom. The fraction of sp³-hybridized carbons (Fsp3) is 0.286. The van der Waals surface area contributed by atoms with Gasteiger partial charge in [0.05, 0.1) is 22.5 Å². The Labute approximate surface area is 174 Å². The van der Waals surface area contributed by atoms with Gasteiger partial charge in [0, 0.05) is 11.9 Å². The van der Waals surface area contributed by atoms with Crippen molar-refractivity contribution in [1.82, 2.24) is 19.8 Å². The normalized spacial score (nSPS) is 17.3. The zero-order chi connectivity index (χ0) is 21.3. The number of sulfonamides is 1. The van der Waals surface area contributed by atoms with E-state index >= 15 is 0 Å². The van der Waals surface area contributed by atoms with Gasteiger partial charge in [-0.3, -0.25) is 9.59 Å². The summed E-state index contributed by atoms with van der Waals surface area (Å²) in [5, 5.41) is 10.4. The molecule has 156 valence electrons. The van der Waals surface area contributed by atoms with Crippen molar-refractivity contribution in [3.63, 3.8) is 0 Å². The first-order valence-electron chi connectivity index (χ1n) is 9.70. The molecule has 0 spiro atoms. The molecular formula is C21H22N4O4S. The molecule has 1 aromatic heterocycles. The van der Waals surface area contributed by atoms with Crippen LogP contribution in [-0.2, 0) is 21.4 Å². The van der Waals surface area contributed by atoms with Crippen LogP contribution in [0.2, 0.25) is 0 Å². The molecule has 4 rings (SSSR count). The highest BCUT2D eigenvalue weighted by molar-refractivity contribution is 7.89. The lowest BCUT2D eigenvalue weighted by Gasteiger charge is -2.23. The predicted octanol–water partition coefficient (Wildman–Crippen LogP) is 1.70. The monoisotopic (exact) mass is 426 g/mol. The van der Waals surface area contributed by atoms with E-state index in [4.69, 9.17) is 0 Å². The van der Waals surface area contributed by atoms with Crippen LogP contribution in [0.3, 0.4) is 0 Å². The molecule has 9 heteroatoms. The third kappa shape index (κ3) is 3.73. The van der Waals surface area contributed by atoms with E-state index in [2.05, 4.69) is 15.5 Å². The summed E-state index contributed by atoms with van der Waals surface area (Å²) in [5.74, 6) is -0.375. The molecule has 1 unspecified atom stereocenters. The standard InChI is InChI=1S/C21H22N4O4S/c1-14-8-10-15(11-9-14)30(28,29)25-12-4-7-19(25)21(27)22-13-18-16-5-2-3-6-17(16)20(26)24-23-18/h2-3,5-6,8-11,19H,4,7,12-13H2,1H3,(H,22,27)(H,24,26). The third-order valence-electron chi connectivity index (χ3n) is 5.34. The van der Waals surface area contributed by atoms with Gasteiger partial charge in [-0.05, 0) is 38.0 Å². The number of nitrogens with zero attached hydrogens (tertiary/aromatic N) is 2. The SMILES string of the molecule is Cc1ccc(S(=O)(=O)N2CCCC2C(=O)NCc2n[nH]c(=O)c3ccccc23)cc1. The van der Waals surface area contributed by atoms with Crippen molar-refractivity contribution in [2.24, 2.45) is 0 Å². The van der Waals surface area contributed by atoms with Gasteiger partial charge in [0.15, 0.2) is 0 Å². The fourth-order valence-electron chi connectivity index (χ4n) is 3.73. The lowest BCUT2D eigenvalue weighted by Crippen LogP contribution is -2.45. The summed E-state index contributed by atoms with van der Waals surface area (Å²) in [7, 11) is -3.76. The maximum absolute atomic E-state index is 13.0. The van der Waals surface area contributed by atoms with Crippen molar-refractivity contribution in [2.45, 2.75) is 37.2 Å². The zero-order valence-electron chi connectivity index (χ0n) is 16.5. The Hall–Kier alpha value is -3.04. The quantitative estimate of drug-likeness (QED) is 0.645. The minimum atomic E-state index is -3.76. The molecule has 2 N–H and O–H groups in total. The van der Waals surface area contributed by atoms with Gasteiger partial charge in [0.25, 0.3) is 5.56 Å². The van der Waals surface area contributed by atoms with E-state index in [9.17, 15) is 18.0 Å². The molecule has 2 heterocycles. The second-order valence-corrected chi connectivity index (χ2v) is 9.24. The van der Waals surface area contributed by atoms with E-state index < -0.39 is 16.1 Å². The molecular weight excluding hydrogens is 404 g/mol. The van der Waals surface area contributed by atoms with E-state index in [-0.39, 0.29) is 22.9 Å². The highest BCUT2D eigenvalue weighted by atomic mass is 32.2. The molecule has 30 heavy (non-hydrogen) atoms. The molecule has 1 aliphatic heterocycles. The zero-order valence-corrected chi connectivity index (χ0v) is 17.3. The average Bonchev–Trinajstić information content (AvgIpc) is 3.25. The molecule has 1 aliphatic rings. The molecule has 1 amide bonds. The van der Waals surface area contributed by atoms with Crippen molar-refractivity contribution in [2.75, 3.05) is 6.54 Å². The summed E-state index contributed by atoms with van der Waals surface area (Å²) >= 11 is 0. The molecule has 1 atom stereocenters. The van der Waals surface area contributed by atoms with Crippen LogP contribution in [0.5, 0.6) is 0 Å². The van der Waals surface area contributed by atoms with Crippen LogP contribution in [0.15, 0.2) is 58.2 Å². The minimum Gasteiger partial charge on any atom is -0.349 e. The molecule has 2 aromatic carbocycles. The van der Waals surface area contributed by atoms with Crippen molar-refractivity contribution in [3.05, 3.63) is 70.1 Å². The number of aromatic nitrogens is 2. The van der Waals surface area contributed by atoms with Gasteiger partial charge in [0.1, 0.15) is 6.04 Å². The van der Waals surface area contributed by atoms with Gasteiger partial charge in [-0.2, -0.15) is 9.40 Å². The lowest BCUT2D eigenvalue weighted by atomic mass is 10.1. The van der Waals surface area contributed by atoms with Gasteiger partial charge in [-0.25, -0.2) is 13.5 Å². The maximum Gasteiger partial charge on any atom is 0.272 e. The average molecular weight is 426 g/mol. The van der Waals surface area contributed by atoms with Crippen LogP contribution in [0.1, 0.15) is 24.1 Å². The number of carbonyl (C=O) groups excluding carboxylic acids is 1. The summed E-state index contributed by atoms with van der Waals surface area (Å²) < 4.78 is 27.4. The number of carbonyl (C=O) groups is 1. The van der Waals surface area contributed by atoms with E-state index in [1.807, 2.05) is 6.92 Å². The molecule has 1 fully saturated rings. The smallest absolute Gasteiger partial charge is 0.272 e. The van der Waals surface area contributed by atoms with Gasteiger partial charge in [-0.15, -0.1) is 0 Å². The number of aryl methyl sites for hydroxylation is 1. The number of aromatic amines is 1. The topological polar surface area (TPSA) is 112 Å². The Morgan fingerprint density at radius 2 is 1.87 bits per heavy atom. The number of hydrogen-bond acceptors (Lipinski definition) is 5. The van der Waals surface area contributed by atoms with Gasteiger partial charge in [0.2, 0.25) is 15.9 Å². The molecule has 0 bridgehead atoms. The molecule has 1 saturated heterocycles. The van der Waals surface area contributed by atoms with Gasteiger partial charge >= 0.3 is 0 Å². The summed E-state index contributed by atoms with van der Waals surface area (Å²) in [6.07, 6.45) is 1.07. The molecule has 0 radical (unpaired) electrons. The van der Waals surface area contributed by atoms with E-state index in [1.54, 1.807) is 48.5 Å². The summed E-state index contributed by atoms with van der Waals surface area (Å²) in [5.41, 5.74) is 1.18.